The highest BCUT2D eigenvalue weighted by Gasteiger charge is 2.28. The lowest BCUT2D eigenvalue weighted by molar-refractivity contribution is -0.385. The zero-order valence-corrected chi connectivity index (χ0v) is 17.3. The van der Waals surface area contributed by atoms with Gasteiger partial charge in [-0.05, 0) is 34.4 Å². The Kier molecular flexibility index (Phi) is 6.04. The quantitative estimate of drug-likeness (QED) is 0.348. The third-order valence-corrected chi connectivity index (χ3v) is 5.33. The summed E-state index contributed by atoms with van der Waals surface area (Å²) in [6.45, 7) is 0.0733. The molecule has 164 valence electrons. The van der Waals surface area contributed by atoms with Crippen LogP contribution in [0.25, 0.3) is 11.1 Å². The number of alkyl carbamates (subject to hydrolysis) is 1. The van der Waals surface area contributed by atoms with E-state index in [0.29, 0.717) is 0 Å². The Morgan fingerprint density at radius 3 is 2.27 bits per heavy atom. The van der Waals surface area contributed by atoms with E-state index >= 15 is 0 Å². The highest BCUT2D eigenvalue weighted by molar-refractivity contribution is 5.89. The molecule has 3 aromatic rings. The van der Waals surface area contributed by atoms with Crippen molar-refractivity contribution in [2.45, 2.75) is 5.92 Å². The lowest BCUT2D eigenvalue weighted by Gasteiger charge is -2.14. The predicted molar refractivity (Wildman–Crippen MR) is 120 cm³/mol. The third kappa shape index (κ3) is 4.52. The first-order valence-electron chi connectivity index (χ1n) is 10.0. The number of fused-ring (bicyclic) bond motifs is 3. The predicted octanol–water partition coefficient (Wildman–Crippen LogP) is 4.18. The first kappa shape index (κ1) is 21.6. The SMILES string of the molecule is O=C(NCC#Cc1ccc(C(=O)O)cc1[N+](=O)[O-])OCC1c2ccccc2-c2ccccc21. The summed E-state index contributed by atoms with van der Waals surface area (Å²) in [5, 5.41) is 22.7. The molecule has 2 N–H and O–H groups in total. The van der Waals surface area contributed by atoms with Crippen LogP contribution in [0.3, 0.4) is 0 Å². The number of nitrogens with zero attached hydrogens (tertiary/aromatic N) is 1. The van der Waals surface area contributed by atoms with Gasteiger partial charge in [0.2, 0.25) is 0 Å². The minimum atomic E-state index is -1.27. The number of aromatic carboxylic acids is 1. The number of carbonyl (C=O) groups excluding carboxylic acids is 1. The van der Waals surface area contributed by atoms with Crippen molar-refractivity contribution in [1.29, 1.82) is 0 Å². The zero-order valence-electron chi connectivity index (χ0n) is 17.3. The Balaban J connectivity index is 1.37. The van der Waals surface area contributed by atoms with Crippen molar-refractivity contribution in [1.82, 2.24) is 5.32 Å². The monoisotopic (exact) mass is 442 g/mol. The maximum atomic E-state index is 12.2. The van der Waals surface area contributed by atoms with Crippen LogP contribution in [0.4, 0.5) is 10.5 Å². The van der Waals surface area contributed by atoms with Crippen LogP contribution >= 0.6 is 0 Å². The molecule has 3 aromatic carbocycles. The summed E-state index contributed by atoms with van der Waals surface area (Å²) in [5.74, 6) is 3.87. The van der Waals surface area contributed by atoms with Gasteiger partial charge >= 0.3 is 12.1 Å². The van der Waals surface area contributed by atoms with E-state index in [1.807, 2.05) is 48.5 Å². The van der Waals surface area contributed by atoms with E-state index in [2.05, 4.69) is 17.2 Å². The van der Waals surface area contributed by atoms with Gasteiger partial charge in [0.25, 0.3) is 5.69 Å². The number of nitrogens with one attached hydrogen (secondary N) is 1. The molecule has 0 bridgehead atoms. The van der Waals surface area contributed by atoms with Crippen LogP contribution < -0.4 is 5.32 Å². The molecule has 4 rings (SSSR count). The maximum Gasteiger partial charge on any atom is 0.407 e. The Labute approximate surface area is 189 Å². The lowest BCUT2D eigenvalue weighted by Crippen LogP contribution is -2.26. The number of carboxylic acids is 1. The molecule has 0 saturated carbocycles. The van der Waals surface area contributed by atoms with E-state index in [0.717, 1.165) is 28.3 Å². The fraction of sp³-hybridized carbons (Fsp3) is 0.120. The normalized spacial score (nSPS) is 11.5. The van der Waals surface area contributed by atoms with Crippen molar-refractivity contribution in [2.24, 2.45) is 0 Å². The van der Waals surface area contributed by atoms with Crippen molar-refractivity contribution in [3.63, 3.8) is 0 Å². The van der Waals surface area contributed by atoms with Crippen molar-refractivity contribution in [3.8, 4) is 23.0 Å². The summed E-state index contributed by atoms with van der Waals surface area (Å²) in [6, 6.07) is 19.5. The van der Waals surface area contributed by atoms with Crippen molar-refractivity contribution in [2.75, 3.05) is 13.2 Å². The summed E-state index contributed by atoms with van der Waals surface area (Å²) < 4.78 is 5.40. The molecule has 0 atom stereocenters. The van der Waals surface area contributed by atoms with Gasteiger partial charge in [-0.2, -0.15) is 0 Å². The van der Waals surface area contributed by atoms with Crippen LogP contribution in [-0.4, -0.2) is 35.2 Å². The van der Waals surface area contributed by atoms with Crippen molar-refractivity contribution < 1.29 is 24.4 Å². The highest BCUT2D eigenvalue weighted by atomic mass is 16.6. The molecule has 1 amide bonds. The maximum absolute atomic E-state index is 12.2. The molecular formula is C25H18N2O6. The van der Waals surface area contributed by atoms with Crippen LogP contribution in [0, 0.1) is 22.0 Å². The Morgan fingerprint density at radius 2 is 1.67 bits per heavy atom. The van der Waals surface area contributed by atoms with Gasteiger partial charge in [0.05, 0.1) is 17.0 Å². The molecule has 33 heavy (non-hydrogen) atoms. The van der Waals surface area contributed by atoms with Crippen LogP contribution in [0.1, 0.15) is 33.0 Å². The first-order valence-corrected chi connectivity index (χ1v) is 10.0. The van der Waals surface area contributed by atoms with Crippen LogP contribution in [0.2, 0.25) is 0 Å². The van der Waals surface area contributed by atoms with Crippen molar-refractivity contribution in [3.05, 3.63) is 99.1 Å². The number of benzene rings is 3. The number of carboxylic acid groups (broad SMARTS) is 1. The number of rotatable bonds is 5. The average molecular weight is 442 g/mol. The molecule has 8 heteroatoms. The number of nitro benzene ring substituents is 1. The minimum Gasteiger partial charge on any atom is -0.478 e. The van der Waals surface area contributed by atoms with Crippen molar-refractivity contribution >= 4 is 17.7 Å². The second kappa shape index (κ2) is 9.24. The number of amides is 1. The highest BCUT2D eigenvalue weighted by Crippen LogP contribution is 2.44. The van der Waals surface area contributed by atoms with Gasteiger partial charge in [-0.1, -0.05) is 60.4 Å². The number of hydrogen-bond acceptors (Lipinski definition) is 5. The number of nitro groups is 1. The summed E-state index contributed by atoms with van der Waals surface area (Å²) in [6.07, 6.45) is -0.651. The van der Waals surface area contributed by atoms with E-state index in [-0.39, 0.29) is 30.2 Å². The van der Waals surface area contributed by atoms with Crippen LogP contribution in [0.5, 0.6) is 0 Å². The number of carbonyl (C=O) groups is 2. The molecule has 0 saturated heterocycles. The third-order valence-electron chi connectivity index (χ3n) is 5.33. The average Bonchev–Trinajstić information content (AvgIpc) is 3.14. The van der Waals surface area contributed by atoms with E-state index in [9.17, 15) is 19.7 Å². The summed E-state index contributed by atoms with van der Waals surface area (Å²) in [4.78, 5) is 33.6. The molecule has 0 spiro atoms. The second-order valence-corrected chi connectivity index (χ2v) is 7.28. The summed E-state index contributed by atoms with van der Waals surface area (Å²) in [5.41, 5.74) is 3.89. The Bertz CT molecular complexity index is 1280. The van der Waals surface area contributed by atoms with Gasteiger partial charge in [-0.3, -0.25) is 10.1 Å². The molecule has 1 aliphatic carbocycles. The fourth-order valence-electron chi connectivity index (χ4n) is 3.83. The molecule has 0 aromatic heterocycles. The number of ether oxygens (including phenoxy) is 1. The minimum absolute atomic E-state index is 0.0549. The van der Waals surface area contributed by atoms with Gasteiger partial charge in [0.15, 0.2) is 0 Å². The smallest absolute Gasteiger partial charge is 0.407 e. The molecule has 0 heterocycles. The molecule has 8 nitrogen and oxygen atoms in total. The topological polar surface area (TPSA) is 119 Å². The largest absolute Gasteiger partial charge is 0.478 e. The van der Waals surface area contributed by atoms with Gasteiger partial charge in [-0.25, -0.2) is 9.59 Å². The molecule has 0 aliphatic heterocycles. The van der Waals surface area contributed by atoms with E-state index < -0.39 is 22.7 Å². The first-order chi connectivity index (χ1) is 16.0. The van der Waals surface area contributed by atoms with Crippen LogP contribution in [-0.2, 0) is 4.74 Å². The molecule has 0 radical (unpaired) electrons. The zero-order chi connectivity index (χ0) is 23.4. The molecule has 0 unspecified atom stereocenters. The Hall–Kier alpha value is -4.64. The molecule has 0 fully saturated rings. The van der Waals surface area contributed by atoms with Gasteiger partial charge < -0.3 is 15.2 Å². The van der Waals surface area contributed by atoms with E-state index in [1.165, 1.54) is 12.1 Å². The van der Waals surface area contributed by atoms with E-state index in [1.54, 1.807) is 0 Å². The van der Waals surface area contributed by atoms with E-state index in [4.69, 9.17) is 9.84 Å². The molecule has 1 aliphatic rings. The standard InChI is InChI=1S/C25H18N2O6/c28-24(29)17-12-11-16(23(14-17)27(31)32)6-5-13-26-25(30)33-15-22-20-9-3-1-7-18(20)19-8-2-4-10-21(19)22/h1-4,7-12,14,22H,13,15H2,(H,26,30)(H,28,29). The van der Waals surface area contributed by atoms with Gasteiger partial charge in [0.1, 0.15) is 12.2 Å². The summed E-state index contributed by atoms with van der Waals surface area (Å²) in [7, 11) is 0. The lowest BCUT2D eigenvalue weighted by atomic mass is 9.98. The number of hydrogen-bond donors (Lipinski definition) is 2. The fourth-order valence-corrected chi connectivity index (χ4v) is 3.83. The molecular weight excluding hydrogens is 424 g/mol. The summed E-state index contributed by atoms with van der Waals surface area (Å²) >= 11 is 0. The van der Waals surface area contributed by atoms with Gasteiger partial charge in [0, 0.05) is 12.0 Å². The van der Waals surface area contributed by atoms with Gasteiger partial charge in [-0.15, -0.1) is 0 Å². The second-order valence-electron chi connectivity index (χ2n) is 7.28. The Morgan fingerprint density at radius 1 is 1.03 bits per heavy atom. The van der Waals surface area contributed by atoms with Crippen LogP contribution in [0.15, 0.2) is 66.7 Å².